The van der Waals surface area contributed by atoms with Crippen LogP contribution in [0.25, 0.3) is 11.0 Å². The zero-order chi connectivity index (χ0) is 17.5. The number of thioether (sulfide) groups is 1. The topological polar surface area (TPSA) is 100 Å². The summed E-state index contributed by atoms with van der Waals surface area (Å²) < 4.78 is 7.34. The lowest BCUT2D eigenvalue weighted by molar-refractivity contribution is -0.115. The van der Waals surface area contributed by atoms with Crippen molar-refractivity contribution < 1.29 is 9.53 Å². The molecule has 7 nitrogen and oxygen atoms in total. The number of carbonyl (C=O) groups is 1. The minimum absolute atomic E-state index is 0.0732. The summed E-state index contributed by atoms with van der Waals surface area (Å²) in [5.74, 6) is -0.377. The molecule has 0 unspecified atom stereocenters. The largest absolute Gasteiger partial charge is 0.370 e. The van der Waals surface area contributed by atoms with Crippen LogP contribution in [0.4, 0.5) is 0 Å². The fourth-order valence-electron chi connectivity index (χ4n) is 2.74. The van der Waals surface area contributed by atoms with E-state index in [1.807, 2.05) is 26.8 Å². The van der Waals surface area contributed by atoms with E-state index in [1.165, 1.54) is 4.57 Å². The van der Waals surface area contributed by atoms with Crippen LogP contribution < -0.4 is 11.3 Å². The Bertz CT molecular complexity index is 876. The van der Waals surface area contributed by atoms with Crippen molar-refractivity contribution in [2.45, 2.75) is 51.1 Å². The number of hydrogen-bond acceptors (Lipinski definition) is 6. The Balaban J connectivity index is 2.15. The Morgan fingerprint density at radius 2 is 2.21 bits per heavy atom. The second kappa shape index (κ2) is 6.18. The third-order valence-corrected chi connectivity index (χ3v) is 4.95. The van der Waals surface area contributed by atoms with Crippen LogP contribution in [-0.2, 0) is 29.1 Å². The number of fused-ring (bicyclic) bond motifs is 2. The highest BCUT2D eigenvalue weighted by Crippen LogP contribution is 2.28. The molecule has 0 spiro atoms. The van der Waals surface area contributed by atoms with E-state index in [-0.39, 0.29) is 16.9 Å². The zero-order valence-corrected chi connectivity index (χ0v) is 14.8. The van der Waals surface area contributed by atoms with Crippen molar-refractivity contribution in [2.24, 2.45) is 5.73 Å². The van der Waals surface area contributed by atoms with Crippen LogP contribution in [0.2, 0.25) is 0 Å². The average Bonchev–Trinajstić information content (AvgIpc) is 2.50. The van der Waals surface area contributed by atoms with Crippen LogP contribution in [0.15, 0.2) is 16.0 Å². The summed E-state index contributed by atoms with van der Waals surface area (Å²) in [4.78, 5) is 32.9. The molecule has 2 aromatic heterocycles. The maximum Gasteiger partial charge on any atom is 0.263 e. The number of nitrogens with zero attached hydrogens (tertiary/aromatic N) is 3. The molecule has 0 radical (unpaired) electrons. The molecule has 0 fully saturated rings. The quantitative estimate of drug-likeness (QED) is 0.659. The lowest BCUT2D eigenvalue weighted by atomic mass is 9.95. The summed E-state index contributed by atoms with van der Waals surface area (Å²) in [6, 6.07) is 1.83. The number of primary amides is 1. The number of carbonyl (C=O) groups excluding carboxylic acids is 1. The molecule has 0 atom stereocenters. The Morgan fingerprint density at radius 3 is 2.88 bits per heavy atom. The smallest absolute Gasteiger partial charge is 0.263 e. The van der Waals surface area contributed by atoms with Crippen molar-refractivity contribution >= 4 is 28.7 Å². The monoisotopic (exact) mass is 348 g/mol. The molecule has 0 saturated carbocycles. The van der Waals surface area contributed by atoms with Crippen LogP contribution in [-0.4, -0.2) is 31.8 Å². The van der Waals surface area contributed by atoms with E-state index in [4.69, 9.17) is 10.5 Å². The summed E-state index contributed by atoms with van der Waals surface area (Å²) in [6.45, 7) is 6.79. The molecular formula is C16H20N4O3S. The molecule has 128 valence electrons. The lowest BCUT2D eigenvalue weighted by Gasteiger charge is -2.31. The minimum Gasteiger partial charge on any atom is -0.370 e. The molecule has 1 amide bonds. The van der Waals surface area contributed by atoms with E-state index in [9.17, 15) is 9.59 Å². The fourth-order valence-corrected chi connectivity index (χ4v) is 3.53. The Kier molecular flexibility index (Phi) is 4.35. The summed E-state index contributed by atoms with van der Waals surface area (Å²) in [6.07, 6.45) is 0.667. The predicted molar refractivity (Wildman–Crippen MR) is 92.0 cm³/mol. The Morgan fingerprint density at radius 1 is 1.46 bits per heavy atom. The summed E-state index contributed by atoms with van der Waals surface area (Å²) in [5.41, 5.74) is 7.01. The average molecular weight is 348 g/mol. The van der Waals surface area contributed by atoms with Gasteiger partial charge in [0, 0.05) is 18.5 Å². The van der Waals surface area contributed by atoms with Gasteiger partial charge in [-0.15, -0.1) is 0 Å². The predicted octanol–water partition coefficient (Wildman–Crippen LogP) is 1.24. The molecule has 2 N–H and O–H groups in total. The zero-order valence-electron chi connectivity index (χ0n) is 14.0. The molecular weight excluding hydrogens is 328 g/mol. The summed E-state index contributed by atoms with van der Waals surface area (Å²) in [7, 11) is 0. The number of nitrogens with two attached hydrogens (primary N) is 1. The third kappa shape index (κ3) is 3.16. The molecule has 0 aliphatic carbocycles. The SMILES string of the molecule is CCn1c(SCC(N)=O)nc2nc3c(cc2c1=O)COC(C)(C)C3. The number of amides is 1. The van der Waals surface area contributed by atoms with Gasteiger partial charge in [-0.05, 0) is 26.8 Å². The molecule has 2 aromatic rings. The van der Waals surface area contributed by atoms with Gasteiger partial charge in [0.2, 0.25) is 5.91 Å². The summed E-state index contributed by atoms with van der Waals surface area (Å²) in [5, 5.41) is 0.940. The molecule has 3 rings (SSSR count). The highest BCUT2D eigenvalue weighted by atomic mass is 32.2. The first kappa shape index (κ1) is 16.9. The summed E-state index contributed by atoms with van der Waals surface area (Å²) >= 11 is 1.16. The molecule has 0 bridgehead atoms. The van der Waals surface area contributed by atoms with E-state index in [0.717, 1.165) is 23.0 Å². The van der Waals surface area contributed by atoms with Gasteiger partial charge in [-0.25, -0.2) is 9.97 Å². The van der Waals surface area contributed by atoms with Gasteiger partial charge < -0.3 is 10.5 Å². The first-order chi connectivity index (χ1) is 11.3. The molecule has 0 aromatic carbocycles. The van der Waals surface area contributed by atoms with Gasteiger partial charge >= 0.3 is 0 Å². The minimum atomic E-state index is -0.450. The lowest BCUT2D eigenvalue weighted by Crippen LogP contribution is -2.33. The molecule has 1 aliphatic heterocycles. The van der Waals surface area contributed by atoms with Crippen molar-refractivity contribution in [1.29, 1.82) is 0 Å². The molecule has 1 aliphatic rings. The van der Waals surface area contributed by atoms with Gasteiger partial charge in [0.25, 0.3) is 5.56 Å². The van der Waals surface area contributed by atoms with Gasteiger partial charge in [0.1, 0.15) is 0 Å². The van der Waals surface area contributed by atoms with Crippen LogP contribution in [0.3, 0.4) is 0 Å². The highest BCUT2D eigenvalue weighted by molar-refractivity contribution is 7.99. The Labute approximate surface area is 143 Å². The second-order valence-electron chi connectivity index (χ2n) is 6.39. The normalized spacial score (nSPS) is 16.1. The van der Waals surface area contributed by atoms with Crippen LogP contribution in [0.5, 0.6) is 0 Å². The number of hydrogen-bond donors (Lipinski definition) is 1. The number of pyridine rings is 1. The maximum absolute atomic E-state index is 12.8. The van der Waals surface area contributed by atoms with Crippen molar-refractivity contribution in [1.82, 2.24) is 14.5 Å². The van der Waals surface area contributed by atoms with E-state index in [0.29, 0.717) is 35.8 Å². The molecule has 8 heteroatoms. The standard InChI is InChI=1S/C16H20N4O3S/c1-4-20-14(22)10-5-9-7-23-16(2,3)6-11(9)18-13(10)19-15(20)24-8-12(17)21/h5H,4,6-8H2,1-3H3,(H2,17,21). The van der Waals surface area contributed by atoms with Gasteiger partial charge in [0.15, 0.2) is 10.8 Å². The number of rotatable bonds is 4. The Hall–Kier alpha value is -1.93. The third-order valence-electron chi connectivity index (χ3n) is 3.95. The van der Waals surface area contributed by atoms with E-state index >= 15 is 0 Å². The van der Waals surface area contributed by atoms with Gasteiger partial charge in [-0.1, -0.05) is 11.8 Å². The first-order valence-electron chi connectivity index (χ1n) is 7.79. The highest BCUT2D eigenvalue weighted by Gasteiger charge is 2.28. The fraction of sp³-hybridized carbons (Fsp3) is 0.500. The van der Waals surface area contributed by atoms with E-state index in [1.54, 1.807) is 0 Å². The molecule has 3 heterocycles. The molecule has 24 heavy (non-hydrogen) atoms. The number of aromatic nitrogens is 3. The van der Waals surface area contributed by atoms with E-state index in [2.05, 4.69) is 9.97 Å². The van der Waals surface area contributed by atoms with Crippen molar-refractivity contribution in [3.05, 3.63) is 27.7 Å². The number of ether oxygens (including phenoxy) is 1. The maximum atomic E-state index is 12.8. The molecule has 0 saturated heterocycles. The van der Waals surface area contributed by atoms with Crippen LogP contribution in [0.1, 0.15) is 32.0 Å². The second-order valence-corrected chi connectivity index (χ2v) is 7.33. The van der Waals surface area contributed by atoms with Gasteiger partial charge in [-0.3, -0.25) is 14.2 Å². The van der Waals surface area contributed by atoms with Gasteiger partial charge in [0.05, 0.1) is 29.0 Å². The van der Waals surface area contributed by atoms with Gasteiger partial charge in [-0.2, -0.15) is 0 Å². The van der Waals surface area contributed by atoms with Crippen LogP contribution in [0, 0.1) is 0 Å². The van der Waals surface area contributed by atoms with Crippen LogP contribution >= 0.6 is 11.8 Å². The van der Waals surface area contributed by atoms with E-state index < -0.39 is 5.91 Å². The van der Waals surface area contributed by atoms with Crippen molar-refractivity contribution in [2.75, 3.05) is 5.75 Å². The first-order valence-corrected chi connectivity index (χ1v) is 8.77. The van der Waals surface area contributed by atoms with Crippen molar-refractivity contribution in [3.8, 4) is 0 Å². The van der Waals surface area contributed by atoms with Crippen molar-refractivity contribution in [3.63, 3.8) is 0 Å².